The minimum Gasteiger partial charge on any atom is -0.478 e. The quantitative estimate of drug-likeness (QED) is 0.553. The van der Waals surface area contributed by atoms with Crippen LogP contribution in [0.5, 0.6) is 0 Å². The zero-order valence-corrected chi connectivity index (χ0v) is 17.9. The highest BCUT2D eigenvalue weighted by molar-refractivity contribution is 6.38. The number of carbonyl (C=O) groups is 6. The molecule has 10 nitrogen and oxygen atoms in total. The lowest BCUT2D eigenvalue weighted by Crippen LogP contribution is -2.32. The third kappa shape index (κ3) is 2.97. The van der Waals surface area contributed by atoms with Gasteiger partial charge in [-0.2, -0.15) is 0 Å². The van der Waals surface area contributed by atoms with Crippen molar-refractivity contribution in [3.8, 4) is 0 Å². The Balaban J connectivity index is 1.61. The van der Waals surface area contributed by atoms with E-state index in [0.29, 0.717) is 5.56 Å². The summed E-state index contributed by atoms with van der Waals surface area (Å²) < 4.78 is 0. The molecule has 3 aromatic rings. The Morgan fingerprint density at radius 2 is 1.14 bits per heavy atom. The van der Waals surface area contributed by atoms with E-state index in [9.17, 15) is 39.0 Å². The number of amides is 4. The lowest BCUT2D eigenvalue weighted by atomic mass is 10.0. The summed E-state index contributed by atoms with van der Waals surface area (Å²) in [6.07, 6.45) is 0. The molecule has 0 spiro atoms. The minimum absolute atomic E-state index is 0.0168. The Bertz CT molecular complexity index is 1560. The van der Waals surface area contributed by atoms with Gasteiger partial charge in [-0.3, -0.25) is 19.2 Å². The van der Waals surface area contributed by atoms with Crippen LogP contribution in [0.4, 0.5) is 11.4 Å². The second-order valence-electron chi connectivity index (χ2n) is 7.93. The number of benzene rings is 3. The topological polar surface area (TPSA) is 149 Å². The van der Waals surface area contributed by atoms with Crippen LogP contribution in [0.1, 0.15) is 67.7 Å². The van der Waals surface area contributed by atoms with E-state index in [2.05, 4.69) is 0 Å². The van der Waals surface area contributed by atoms with E-state index in [1.54, 1.807) is 6.92 Å². The minimum atomic E-state index is -1.37. The van der Waals surface area contributed by atoms with Crippen molar-refractivity contribution < 1.29 is 39.0 Å². The molecule has 10 heteroatoms. The number of fused-ring (bicyclic) bond motifs is 2. The maximum absolute atomic E-state index is 13.2. The Morgan fingerprint density at radius 3 is 1.66 bits per heavy atom. The molecular weight excluding hydrogens is 456 g/mol. The Morgan fingerprint density at radius 1 is 0.657 bits per heavy atom. The molecule has 2 aliphatic heterocycles. The Labute approximate surface area is 196 Å². The van der Waals surface area contributed by atoms with E-state index >= 15 is 0 Å². The summed E-state index contributed by atoms with van der Waals surface area (Å²) in [5, 5.41) is 18.9. The summed E-state index contributed by atoms with van der Waals surface area (Å²) in [6, 6.07) is 12.1. The first kappa shape index (κ1) is 21.7. The van der Waals surface area contributed by atoms with Gasteiger partial charge in [0.15, 0.2) is 0 Å². The molecule has 5 rings (SSSR count). The van der Waals surface area contributed by atoms with Crippen LogP contribution >= 0.6 is 0 Å². The zero-order valence-electron chi connectivity index (χ0n) is 17.9. The first-order chi connectivity index (χ1) is 16.6. The molecule has 3 aromatic carbocycles. The summed E-state index contributed by atoms with van der Waals surface area (Å²) in [6.45, 7) is 1.60. The van der Waals surface area contributed by atoms with Gasteiger partial charge in [0, 0.05) is 0 Å². The number of hydrogen-bond acceptors (Lipinski definition) is 6. The maximum Gasteiger partial charge on any atom is 0.336 e. The van der Waals surface area contributed by atoms with Gasteiger partial charge in [-0.1, -0.05) is 18.2 Å². The second kappa shape index (κ2) is 7.45. The standard InChI is InChI=1S/C25H14N2O8/c1-11-8-9-12(26-20(28)13-4-2-6-15(24(32)33)18(13)22(26)30)10-17(11)27-21(29)14-5-3-7-16(25(34)35)19(14)23(27)31/h2-10H,1H3,(H,32,33)(H,34,35). The predicted molar refractivity (Wildman–Crippen MR) is 120 cm³/mol. The molecule has 0 saturated carbocycles. The van der Waals surface area contributed by atoms with Crippen molar-refractivity contribution in [1.82, 2.24) is 0 Å². The molecule has 0 radical (unpaired) electrons. The average Bonchev–Trinajstić information content (AvgIpc) is 3.24. The molecule has 0 aromatic heterocycles. The Kier molecular flexibility index (Phi) is 4.62. The number of anilines is 2. The van der Waals surface area contributed by atoms with E-state index in [4.69, 9.17) is 0 Å². The fraction of sp³-hybridized carbons (Fsp3) is 0.0400. The molecule has 0 aliphatic carbocycles. The van der Waals surface area contributed by atoms with Gasteiger partial charge in [-0.05, 0) is 48.9 Å². The van der Waals surface area contributed by atoms with Crippen molar-refractivity contribution in [2.75, 3.05) is 9.80 Å². The number of aromatic carboxylic acids is 2. The number of carbonyl (C=O) groups excluding carboxylic acids is 4. The third-order valence-electron chi connectivity index (χ3n) is 5.98. The van der Waals surface area contributed by atoms with Crippen molar-refractivity contribution in [1.29, 1.82) is 0 Å². The summed E-state index contributed by atoms with van der Waals surface area (Å²) in [4.78, 5) is 77.2. The van der Waals surface area contributed by atoms with Gasteiger partial charge in [-0.15, -0.1) is 0 Å². The van der Waals surface area contributed by atoms with E-state index in [1.165, 1.54) is 54.6 Å². The molecule has 0 unspecified atom stereocenters. The van der Waals surface area contributed by atoms with Crippen LogP contribution in [0, 0.1) is 6.92 Å². The van der Waals surface area contributed by atoms with Gasteiger partial charge in [0.1, 0.15) is 0 Å². The van der Waals surface area contributed by atoms with Gasteiger partial charge in [0.25, 0.3) is 23.6 Å². The molecule has 0 bridgehead atoms. The molecule has 4 amide bonds. The number of carboxylic acids is 2. The van der Waals surface area contributed by atoms with Crippen LogP contribution in [-0.2, 0) is 0 Å². The van der Waals surface area contributed by atoms with Crippen LogP contribution in [0.25, 0.3) is 0 Å². The van der Waals surface area contributed by atoms with Crippen molar-refractivity contribution in [2.45, 2.75) is 6.92 Å². The molecule has 2 heterocycles. The van der Waals surface area contributed by atoms with Crippen LogP contribution in [0.3, 0.4) is 0 Å². The van der Waals surface area contributed by atoms with Crippen LogP contribution in [-0.4, -0.2) is 45.8 Å². The molecular formula is C25H14N2O8. The number of carboxylic acid groups (broad SMARTS) is 2. The summed E-state index contributed by atoms with van der Waals surface area (Å²) in [5.41, 5.74) is -0.780. The van der Waals surface area contributed by atoms with Gasteiger partial charge < -0.3 is 10.2 Å². The maximum atomic E-state index is 13.2. The third-order valence-corrected chi connectivity index (χ3v) is 5.98. The van der Waals surface area contributed by atoms with Crippen LogP contribution in [0.2, 0.25) is 0 Å². The fourth-order valence-electron chi connectivity index (χ4n) is 4.36. The highest BCUT2D eigenvalue weighted by Gasteiger charge is 2.42. The fourth-order valence-corrected chi connectivity index (χ4v) is 4.36. The highest BCUT2D eigenvalue weighted by Crippen LogP contribution is 2.37. The van der Waals surface area contributed by atoms with Gasteiger partial charge in [0.2, 0.25) is 0 Å². The first-order valence-corrected chi connectivity index (χ1v) is 10.2. The van der Waals surface area contributed by atoms with Crippen molar-refractivity contribution in [3.05, 3.63) is 93.5 Å². The summed E-state index contributed by atoms with van der Waals surface area (Å²) >= 11 is 0. The van der Waals surface area contributed by atoms with Crippen molar-refractivity contribution in [2.24, 2.45) is 0 Å². The predicted octanol–water partition coefficient (Wildman–Crippen LogP) is 2.99. The highest BCUT2D eigenvalue weighted by atomic mass is 16.4. The number of imide groups is 2. The monoisotopic (exact) mass is 470 g/mol. The number of hydrogen-bond donors (Lipinski definition) is 2. The van der Waals surface area contributed by atoms with Gasteiger partial charge in [-0.25, -0.2) is 19.4 Å². The molecule has 172 valence electrons. The molecule has 0 fully saturated rings. The normalized spacial score (nSPS) is 14.4. The van der Waals surface area contributed by atoms with E-state index < -0.39 is 35.6 Å². The largest absolute Gasteiger partial charge is 0.478 e. The van der Waals surface area contributed by atoms with Crippen LogP contribution in [0.15, 0.2) is 54.6 Å². The lowest BCUT2D eigenvalue weighted by molar-refractivity contribution is 0.0683. The van der Waals surface area contributed by atoms with E-state index in [1.807, 2.05) is 0 Å². The zero-order chi connectivity index (χ0) is 25.2. The first-order valence-electron chi connectivity index (χ1n) is 10.2. The molecule has 35 heavy (non-hydrogen) atoms. The van der Waals surface area contributed by atoms with Gasteiger partial charge >= 0.3 is 11.9 Å². The molecule has 2 N–H and O–H groups in total. The van der Waals surface area contributed by atoms with E-state index in [0.717, 1.165) is 9.80 Å². The molecule has 0 saturated heterocycles. The summed E-state index contributed by atoms with van der Waals surface area (Å²) in [5.74, 6) is -5.93. The van der Waals surface area contributed by atoms with Gasteiger partial charge in [0.05, 0.1) is 44.8 Å². The molecule has 2 aliphatic rings. The smallest absolute Gasteiger partial charge is 0.336 e. The van der Waals surface area contributed by atoms with E-state index in [-0.39, 0.29) is 44.8 Å². The molecule has 0 atom stereocenters. The second-order valence-corrected chi connectivity index (χ2v) is 7.93. The Hall–Kier alpha value is -5.12. The SMILES string of the molecule is Cc1ccc(N2C(=O)c3cccc(C(=O)O)c3C2=O)cc1N1C(=O)c2cccc(C(=O)O)c2C1=O. The number of aryl methyl sites for hydroxylation is 1. The van der Waals surface area contributed by atoms with Crippen molar-refractivity contribution in [3.63, 3.8) is 0 Å². The number of nitrogens with zero attached hydrogens (tertiary/aromatic N) is 2. The van der Waals surface area contributed by atoms with Crippen LogP contribution < -0.4 is 9.80 Å². The lowest BCUT2D eigenvalue weighted by Gasteiger charge is -2.21. The number of rotatable bonds is 4. The average molecular weight is 470 g/mol. The van der Waals surface area contributed by atoms with Crippen molar-refractivity contribution >= 4 is 46.9 Å². The summed E-state index contributed by atoms with van der Waals surface area (Å²) in [7, 11) is 0.